The molecule has 2 aromatic carbocycles. The topological polar surface area (TPSA) is 113 Å². The first kappa shape index (κ1) is 31.0. The Balaban J connectivity index is 1.84. The molecule has 9 nitrogen and oxygen atoms in total. The first-order valence-electron chi connectivity index (χ1n) is 12.8. The highest BCUT2D eigenvalue weighted by Crippen LogP contribution is 2.32. The first-order chi connectivity index (χ1) is 19.5. The van der Waals surface area contributed by atoms with E-state index in [0.717, 1.165) is 0 Å². The van der Waals surface area contributed by atoms with E-state index in [1.54, 1.807) is 45.0 Å². The highest BCUT2D eigenvalue weighted by atomic mass is 19.1. The van der Waals surface area contributed by atoms with Gasteiger partial charge in [-0.05, 0) is 48.2 Å². The number of nitrogens with zero attached hydrogens (tertiary/aromatic N) is 1. The zero-order valence-electron chi connectivity index (χ0n) is 23.4. The molecule has 0 radical (unpaired) electrons. The summed E-state index contributed by atoms with van der Waals surface area (Å²) in [7, 11) is 1.37. The van der Waals surface area contributed by atoms with Gasteiger partial charge >= 0.3 is 11.9 Å². The minimum absolute atomic E-state index is 0.0781. The van der Waals surface area contributed by atoms with Crippen LogP contribution in [-0.4, -0.2) is 48.9 Å². The molecule has 1 N–H and O–H groups in total. The lowest BCUT2D eigenvalue weighted by Crippen LogP contribution is -2.46. The number of amides is 1. The van der Waals surface area contributed by atoms with Gasteiger partial charge in [0.1, 0.15) is 23.8 Å². The number of carbonyl (C=O) groups is 3. The van der Waals surface area contributed by atoms with Crippen molar-refractivity contribution in [2.45, 2.75) is 45.8 Å². The summed E-state index contributed by atoms with van der Waals surface area (Å²) in [6.45, 7) is 5.84. The van der Waals surface area contributed by atoms with Crippen molar-refractivity contribution in [1.82, 2.24) is 10.3 Å². The summed E-state index contributed by atoms with van der Waals surface area (Å²) in [5.74, 6) is -3.78. The fraction of sp³-hybridized carbons (Fsp3) is 0.333. The molecule has 41 heavy (non-hydrogen) atoms. The van der Waals surface area contributed by atoms with E-state index in [-0.39, 0.29) is 17.2 Å². The minimum atomic E-state index is -1.10. The molecule has 0 bridgehead atoms. The lowest BCUT2D eigenvalue weighted by Gasteiger charge is -2.28. The average molecular weight is 571 g/mol. The summed E-state index contributed by atoms with van der Waals surface area (Å²) in [4.78, 5) is 41.9. The maximum atomic E-state index is 13.6. The number of benzene rings is 2. The first-order valence-corrected chi connectivity index (χ1v) is 12.8. The average Bonchev–Trinajstić information content (AvgIpc) is 2.93. The maximum absolute atomic E-state index is 13.6. The number of esters is 2. The summed E-state index contributed by atoms with van der Waals surface area (Å²) in [6.07, 6.45) is 0.543. The van der Waals surface area contributed by atoms with Gasteiger partial charge in [-0.1, -0.05) is 38.1 Å². The fourth-order valence-electron chi connectivity index (χ4n) is 4.17. The van der Waals surface area contributed by atoms with Gasteiger partial charge in [-0.15, -0.1) is 0 Å². The van der Waals surface area contributed by atoms with E-state index >= 15 is 0 Å². The van der Waals surface area contributed by atoms with Crippen LogP contribution >= 0.6 is 0 Å². The number of hydrogen-bond donors (Lipinski definition) is 1. The van der Waals surface area contributed by atoms with Gasteiger partial charge in [0.05, 0.1) is 7.11 Å². The molecule has 0 saturated carbocycles. The molecule has 1 amide bonds. The molecule has 2 atom stereocenters. The Kier molecular flexibility index (Phi) is 10.7. The van der Waals surface area contributed by atoms with E-state index in [0.29, 0.717) is 11.1 Å². The molecular weight excluding hydrogens is 538 g/mol. The zero-order valence-corrected chi connectivity index (χ0v) is 23.4. The van der Waals surface area contributed by atoms with Crippen LogP contribution in [0.5, 0.6) is 11.5 Å². The van der Waals surface area contributed by atoms with Crippen LogP contribution in [0, 0.1) is 17.6 Å². The summed E-state index contributed by atoms with van der Waals surface area (Å²) in [6, 6.07) is 11.8. The lowest BCUT2D eigenvalue weighted by atomic mass is 9.87. The highest BCUT2D eigenvalue weighted by molar-refractivity contribution is 5.98. The second kappa shape index (κ2) is 14.2. The number of hydrogen-bond acceptors (Lipinski definition) is 8. The Morgan fingerprint density at radius 3 is 1.95 bits per heavy atom. The third kappa shape index (κ3) is 8.23. The zero-order chi connectivity index (χ0) is 30.1. The van der Waals surface area contributed by atoms with Gasteiger partial charge < -0.3 is 24.3 Å². The van der Waals surface area contributed by atoms with Gasteiger partial charge in [0.2, 0.25) is 6.79 Å². The monoisotopic (exact) mass is 570 g/mol. The number of halogens is 2. The maximum Gasteiger partial charge on any atom is 0.329 e. The molecule has 11 heteroatoms. The van der Waals surface area contributed by atoms with Crippen molar-refractivity contribution in [2.24, 2.45) is 5.92 Å². The van der Waals surface area contributed by atoms with Crippen LogP contribution in [0.25, 0.3) is 0 Å². The van der Waals surface area contributed by atoms with Crippen LogP contribution in [0.1, 0.15) is 55.2 Å². The third-order valence-corrected chi connectivity index (χ3v) is 6.21. The van der Waals surface area contributed by atoms with Crippen molar-refractivity contribution in [3.63, 3.8) is 0 Å². The van der Waals surface area contributed by atoms with Crippen molar-refractivity contribution < 1.29 is 42.1 Å². The molecule has 0 fully saturated rings. The number of carbonyl (C=O) groups excluding carboxylic acids is 3. The van der Waals surface area contributed by atoms with E-state index < -0.39 is 60.3 Å². The van der Waals surface area contributed by atoms with E-state index in [4.69, 9.17) is 18.9 Å². The van der Waals surface area contributed by atoms with Gasteiger partial charge in [0.25, 0.3) is 5.91 Å². The van der Waals surface area contributed by atoms with E-state index in [1.807, 2.05) is 0 Å². The fourth-order valence-corrected chi connectivity index (χ4v) is 4.17. The molecular formula is C30H32F2N2O7. The van der Waals surface area contributed by atoms with Gasteiger partial charge in [0, 0.05) is 25.1 Å². The predicted molar refractivity (Wildman–Crippen MR) is 144 cm³/mol. The summed E-state index contributed by atoms with van der Waals surface area (Å²) in [5.41, 5.74) is 1.11. The Bertz CT molecular complexity index is 1300. The van der Waals surface area contributed by atoms with Gasteiger partial charge in [0.15, 0.2) is 17.2 Å². The summed E-state index contributed by atoms with van der Waals surface area (Å²) in [5, 5.41) is 2.64. The van der Waals surface area contributed by atoms with Crippen LogP contribution in [0.4, 0.5) is 8.78 Å². The molecule has 0 spiro atoms. The minimum Gasteiger partial charge on any atom is -0.493 e. The van der Waals surface area contributed by atoms with Crippen molar-refractivity contribution in [3.05, 3.63) is 89.2 Å². The Morgan fingerprint density at radius 2 is 1.46 bits per heavy atom. The van der Waals surface area contributed by atoms with Crippen molar-refractivity contribution in [3.8, 4) is 11.5 Å². The van der Waals surface area contributed by atoms with Crippen molar-refractivity contribution in [2.75, 3.05) is 13.9 Å². The van der Waals surface area contributed by atoms with E-state index in [1.165, 1.54) is 50.6 Å². The Labute approximate surface area is 236 Å². The molecule has 0 saturated heterocycles. The summed E-state index contributed by atoms with van der Waals surface area (Å²) >= 11 is 0. The van der Waals surface area contributed by atoms with E-state index in [2.05, 4.69) is 10.3 Å². The van der Waals surface area contributed by atoms with Crippen LogP contribution in [0.3, 0.4) is 0 Å². The molecule has 3 aromatic rings. The van der Waals surface area contributed by atoms with Gasteiger partial charge in [-0.3, -0.25) is 9.59 Å². The van der Waals surface area contributed by atoms with Crippen molar-refractivity contribution >= 4 is 17.8 Å². The number of pyridine rings is 1. The van der Waals surface area contributed by atoms with Crippen molar-refractivity contribution in [1.29, 1.82) is 0 Å². The molecule has 218 valence electrons. The molecule has 1 heterocycles. The van der Waals surface area contributed by atoms with Gasteiger partial charge in [-0.2, -0.15) is 0 Å². The Hall–Kier alpha value is -4.54. The highest BCUT2D eigenvalue weighted by Gasteiger charge is 2.32. The second-order valence-corrected chi connectivity index (χ2v) is 9.51. The number of aromatic nitrogens is 1. The summed E-state index contributed by atoms with van der Waals surface area (Å²) < 4.78 is 48.6. The second-order valence-electron chi connectivity index (χ2n) is 9.51. The standard InChI is InChI=1S/C30H32F2N2O7/c1-17(2)26(34-29(36)27-28(40-16-39-19(4)35)24(38-5)14-15-33-27)30(37)41-18(3)25(20-6-10-22(31)11-7-20)21-8-12-23(32)13-9-21/h6-15,17-18,25-26H,16H2,1-5H3,(H,34,36)/t18-,26-/m0/s1. The van der Waals surface area contributed by atoms with Crippen LogP contribution < -0.4 is 14.8 Å². The van der Waals surface area contributed by atoms with Crippen LogP contribution in [-0.2, 0) is 19.1 Å². The number of rotatable bonds is 12. The molecule has 3 rings (SSSR count). The Morgan fingerprint density at radius 1 is 0.902 bits per heavy atom. The van der Waals surface area contributed by atoms with E-state index in [9.17, 15) is 23.2 Å². The number of nitrogens with one attached hydrogen (secondary N) is 1. The van der Waals surface area contributed by atoms with Gasteiger partial charge in [-0.25, -0.2) is 18.6 Å². The SMILES string of the molecule is COc1ccnc(C(=O)N[C@H](C(=O)O[C@@H](C)C(c2ccc(F)cc2)c2ccc(F)cc2)C(C)C)c1OCOC(C)=O. The molecule has 0 aliphatic rings. The molecule has 0 aliphatic carbocycles. The normalized spacial score (nSPS) is 12.4. The predicted octanol–water partition coefficient (Wildman–Crippen LogP) is 4.79. The quantitative estimate of drug-likeness (QED) is 0.244. The largest absolute Gasteiger partial charge is 0.493 e. The van der Waals surface area contributed by atoms with Crippen LogP contribution in [0.2, 0.25) is 0 Å². The molecule has 0 unspecified atom stereocenters. The third-order valence-electron chi connectivity index (χ3n) is 6.21. The number of ether oxygens (including phenoxy) is 4. The molecule has 1 aromatic heterocycles. The number of methoxy groups -OCH3 is 1. The van der Waals surface area contributed by atoms with Crippen LogP contribution in [0.15, 0.2) is 60.8 Å². The molecule has 0 aliphatic heterocycles. The lowest BCUT2D eigenvalue weighted by molar-refractivity contribution is -0.152. The smallest absolute Gasteiger partial charge is 0.329 e.